The summed E-state index contributed by atoms with van der Waals surface area (Å²) in [7, 11) is 1.52. The number of anilines is 1. The summed E-state index contributed by atoms with van der Waals surface area (Å²) in [5, 5.41) is 14.3. The van der Waals surface area contributed by atoms with Gasteiger partial charge in [-0.05, 0) is 54.7 Å². The van der Waals surface area contributed by atoms with E-state index in [1.807, 2.05) is 0 Å². The van der Waals surface area contributed by atoms with Gasteiger partial charge >= 0.3 is 5.97 Å². The molecule has 0 saturated heterocycles. The molecule has 2 aromatic carbocycles. The third-order valence-corrected chi connectivity index (χ3v) is 3.15. The highest BCUT2D eigenvalue weighted by Gasteiger charge is 2.09. The van der Waals surface area contributed by atoms with Gasteiger partial charge in [-0.2, -0.15) is 0 Å². The average Bonchev–Trinajstić information content (AvgIpc) is 2.55. The first kappa shape index (κ1) is 16.4. The van der Waals surface area contributed by atoms with Crippen LogP contribution in [0.2, 0.25) is 0 Å². The lowest BCUT2D eigenvalue weighted by atomic mass is 10.2. The number of hydrogen-bond acceptors (Lipinski definition) is 4. The fourth-order valence-electron chi connectivity index (χ4n) is 1.80. The van der Waals surface area contributed by atoms with Crippen molar-refractivity contribution in [2.24, 2.45) is 0 Å². The van der Waals surface area contributed by atoms with Crippen LogP contribution in [-0.4, -0.2) is 29.2 Å². The average molecular weight is 330 g/mol. The van der Waals surface area contributed by atoms with Crippen LogP contribution >= 0.6 is 12.2 Å². The highest BCUT2D eigenvalue weighted by Crippen LogP contribution is 2.13. The summed E-state index contributed by atoms with van der Waals surface area (Å²) >= 11 is 5.07. The molecule has 2 aromatic rings. The third kappa shape index (κ3) is 4.52. The van der Waals surface area contributed by atoms with Crippen LogP contribution in [0.25, 0.3) is 0 Å². The summed E-state index contributed by atoms with van der Waals surface area (Å²) in [6.07, 6.45) is 0. The SMILES string of the molecule is COc1cccc(C(=O)NC(=S)Nc2ccc(C(=O)O)cc2)c1. The molecular formula is C16H14N2O4S. The molecule has 0 atom stereocenters. The number of amides is 1. The van der Waals surface area contributed by atoms with Crippen molar-refractivity contribution in [3.63, 3.8) is 0 Å². The number of carboxylic acids is 1. The van der Waals surface area contributed by atoms with Crippen LogP contribution in [0.5, 0.6) is 5.75 Å². The van der Waals surface area contributed by atoms with Crippen molar-refractivity contribution >= 4 is 34.9 Å². The summed E-state index contributed by atoms with van der Waals surface area (Å²) in [5.74, 6) is -0.810. The first-order valence-corrected chi connectivity index (χ1v) is 7.00. The quantitative estimate of drug-likeness (QED) is 0.747. The minimum absolute atomic E-state index is 0.112. The molecule has 0 spiro atoms. The predicted molar refractivity (Wildman–Crippen MR) is 90.1 cm³/mol. The maximum atomic E-state index is 12.1. The van der Waals surface area contributed by atoms with Gasteiger partial charge in [0, 0.05) is 11.3 Å². The molecule has 0 bridgehead atoms. The largest absolute Gasteiger partial charge is 0.497 e. The van der Waals surface area contributed by atoms with E-state index in [0.29, 0.717) is 17.0 Å². The lowest BCUT2D eigenvalue weighted by molar-refractivity contribution is 0.0696. The summed E-state index contributed by atoms with van der Waals surface area (Å²) in [4.78, 5) is 22.9. The molecule has 2 rings (SSSR count). The Morgan fingerprint density at radius 3 is 2.39 bits per heavy atom. The van der Waals surface area contributed by atoms with Gasteiger partial charge in [0.2, 0.25) is 0 Å². The second-order valence-electron chi connectivity index (χ2n) is 4.52. The smallest absolute Gasteiger partial charge is 0.335 e. The van der Waals surface area contributed by atoms with E-state index in [-0.39, 0.29) is 16.6 Å². The third-order valence-electron chi connectivity index (χ3n) is 2.95. The van der Waals surface area contributed by atoms with Gasteiger partial charge in [-0.1, -0.05) is 6.07 Å². The van der Waals surface area contributed by atoms with Gasteiger partial charge in [-0.15, -0.1) is 0 Å². The number of hydrogen-bond donors (Lipinski definition) is 3. The van der Waals surface area contributed by atoms with Gasteiger partial charge in [0.05, 0.1) is 12.7 Å². The molecule has 1 amide bonds. The van der Waals surface area contributed by atoms with Crippen LogP contribution in [0.1, 0.15) is 20.7 Å². The fraction of sp³-hybridized carbons (Fsp3) is 0.0625. The normalized spacial score (nSPS) is 9.78. The Balaban J connectivity index is 1.98. The van der Waals surface area contributed by atoms with Crippen LogP contribution in [-0.2, 0) is 0 Å². The first-order chi connectivity index (χ1) is 11.0. The zero-order valence-corrected chi connectivity index (χ0v) is 13.0. The molecule has 0 radical (unpaired) electrons. The van der Waals surface area contributed by atoms with E-state index in [2.05, 4.69) is 10.6 Å². The Bertz CT molecular complexity index is 744. The summed E-state index contributed by atoms with van der Waals surface area (Å²) in [6, 6.07) is 12.7. The topological polar surface area (TPSA) is 87.7 Å². The van der Waals surface area contributed by atoms with Crippen molar-refractivity contribution in [2.75, 3.05) is 12.4 Å². The molecule has 23 heavy (non-hydrogen) atoms. The van der Waals surface area contributed by atoms with Crippen molar-refractivity contribution < 1.29 is 19.4 Å². The molecule has 0 aliphatic carbocycles. The number of ether oxygens (including phenoxy) is 1. The Kier molecular flexibility index (Phi) is 5.27. The maximum Gasteiger partial charge on any atom is 0.335 e. The minimum atomic E-state index is -1.01. The maximum absolute atomic E-state index is 12.1. The molecule has 0 unspecified atom stereocenters. The summed E-state index contributed by atoms with van der Waals surface area (Å²) in [6.45, 7) is 0. The molecule has 7 heteroatoms. The fourth-order valence-corrected chi connectivity index (χ4v) is 2.01. The molecule has 3 N–H and O–H groups in total. The number of carboxylic acid groups (broad SMARTS) is 1. The predicted octanol–water partition coefficient (Wildman–Crippen LogP) is 2.52. The molecule has 0 fully saturated rings. The number of thiocarbonyl (C=S) groups is 1. The van der Waals surface area contributed by atoms with Gasteiger partial charge in [-0.25, -0.2) is 4.79 Å². The second kappa shape index (κ2) is 7.37. The highest BCUT2D eigenvalue weighted by atomic mass is 32.1. The lowest BCUT2D eigenvalue weighted by Crippen LogP contribution is -2.34. The number of carbonyl (C=O) groups is 2. The first-order valence-electron chi connectivity index (χ1n) is 6.59. The van der Waals surface area contributed by atoms with E-state index in [0.717, 1.165) is 0 Å². The molecular weight excluding hydrogens is 316 g/mol. The standard InChI is InChI=1S/C16H14N2O4S/c1-22-13-4-2-3-11(9-13)14(19)18-16(23)17-12-7-5-10(6-8-12)15(20)21/h2-9H,1H3,(H,20,21)(H2,17,18,19,23). The number of carbonyl (C=O) groups excluding carboxylic acids is 1. The van der Waals surface area contributed by atoms with Crippen LogP contribution in [0, 0.1) is 0 Å². The van der Waals surface area contributed by atoms with E-state index in [1.165, 1.54) is 19.2 Å². The Morgan fingerprint density at radius 1 is 1.09 bits per heavy atom. The monoisotopic (exact) mass is 330 g/mol. The molecule has 0 aliphatic rings. The molecule has 0 saturated carbocycles. The Morgan fingerprint density at radius 2 is 1.78 bits per heavy atom. The number of aromatic carboxylic acids is 1. The number of benzene rings is 2. The van der Waals surface area contributed by atoms with Crippen LogP contribution in [0.3, 0.4) is 0 Å². The lowest BCUT2D eigenvalue weighted by Gasteiger charge is -2.10. The number of rotatable bonds is 4. The van der Waals surface area contributed by atoms with Crippen molar-refractivity contribution in [1.82, 2.24) is 5.32 Å². The number of nitrogens with one attached hydrogen (secondary N) is 2. The zero-order chi connectivity index (χ0) is 16.8. The van der Waals surface area contributed by atoms with Crippen LogP contribution in [0.4, 0.5) is 5.69 Å². The summed E-state index contributed by atoms with van der Waals surface area (Å²) < 4.78 is 5.06. The molecule has 0 heterocycles. The molecule has 6 nitrogen and oxygen atoms in total. The van der Waals surface area contributed by atoms with Gasteiger partial charge in [0.25, 0.3) is 5.91 Å². The van der Waals surface area contributed by atoms with Crippen molar-refractivity contribution in [3.05, 3.63) is 59.7 Å². The Hall–Kier alpha value is -2.93. The summed E-state index contributed by atoms with van der Waals surface area (Å²) in [5.41, 5.74) is 1.16. The molecule has 0 aromatic heterocycles. The van der Waals surface area contributed by atoms with E-state index in [4.69, 9.17) is 22.1 Å². The van der Waals surface area contributed by atoms with Crippen molar-refractivity contribution in [1.29, 1.82) is 0 Å². The van der Waals surface area contributed by atoms with Crippen LogP contribution in [0.15, 0.2) is 48.5 Å². The Labute approximate surface area is 138 Å². The van der Waals surface area contributed by atoms with E-state index in [1.54, 1.807) is 36.4 Å². The van der Waals surface area contributed by atoms with Gasteiger partial charge in [0.1, 0.15) is 5.75 Å². The van der Waals surface area contributed by atoms with E-state index < -0.39 is 5.97 Å². The molecule has 118 valence electrons. The van der Waals surface area contributed by atoms with Crippen molar-refractivity contribution in [3.8, 4) is 5.75 Å². The van der Waals surface area contributed by atoms with Gasteiger partial charge < -0.3 is 15.2 Å². The minimum Gasteiger partial charge on any atom is -0.497 e. The second-order valence-corrected chi connectivity index (χ2v) is 4.93. The van der Waals surface area contributed by atoms with Crippen molar-refractivity contribution in [2.45, 2.75) is 0 Å². The zero-order valence-electron chi connectivity index (χ0n) is 12.2. The molecule has 0 aliphatic heterocycles. The van der Waals surface area contributed by atoms with E-state index in [9.17, 15) is 9.59 Å². The van der Waals surface area contributed by atoms with Crippen LogP contribution < -0.4 is 15.4 Å². The highest BCUT2D eigenvalue weighted by molar-refractivity contribution is 7.80. The van der Waals surface area contributed by atoms with Gasteiger partial charge in [0.15, 0.2) is 5.11 Å². The van der Waals surface area contributed by atoms with Gasteiger partial charge in [-0.3, -0.25) is 10.1 Å². The number of methoxy groups -OCH3 is 1. The van der Waals surface area contributed by atoms with E-state index >= 15 is 0 Å².